The number of nitrogens with zero attached hydrogens (tertiary/aromatic N) is 3. The van der Waals surface area contributed by atoms with Crippen molar-refractivity contribution in [2.24, 2.45) is 5.73 Å². The van der Waals surface area contributed by atoms with Crippen LogP contribution in [0.2, 0.25) is 0 Å². The first-order valence-electron chi connectivity index (χ1n) is 5.47. The average molecular weight is 244 g/mol. The van der Waals surface area contributed by atoms with E-state index in [9.17, 15) is 0 Å². The summed E-state index contributed by atoms with van der Waals surface area (Å²) in [5.41, 5.74) is 7.88. The molecule has 0 fully saturated rings. The molecular weight excluding hydrogens is 232 g/mol. The van der Waals surface area contributed by atoms with Gasteiger partial charge >= 0.3 is 0 Å². The van der Waals surface area contributed by atoms with Gasteiger partial charge in [-0.3, -0.25) is 4.40 Å². The average Bonchev–Trinajstić information content (AvgIpc) is 2.94. The number of thiazole rings is 1. The molecule has 1 aromatic carbocycles. The molecule has 0 bridgehead atoms. The van der Waals surface area contributed by atoms with Crippen LogP contribution in [0.25, 0.3) is 16.3 Å². The summed E-state index contributed by atoms with van der Waals surface area (Å²) in [6, 6.07) is 10.1. The van der Waals surface area contributed by atoms with E-state index in [-0.39, 0.29) is 0 Å². The minimum absolute atomic E-state index is 0.637. The molecule has 4 nitrogen and oxygen atoms in total. The van der Waals surface area contributed by atoms with Crippen LogP contribution in [0.1, 0.15) is 5.69 Å². The third-order valence-corrected chi connectivity index (χ3v) is 3.52. The van der Waals surface area contributed by atoms with Crippen LogP contribution >= 0.6 is 11.3 Å². The lowest BCUT2D eigenvalue weighted by Crippen LogP contribution is -2.05. The van der Waals surface area contributed by atoms with E-state index in [0.29, 0.717) is 6.54 Å². The molecule has 0 saturated carbocycles. The van der Waals surface area contributed by atoms with E-state index in [2.05, 4.69) is 20.0 Å². The summed E-state index contributed by atoms with van der Waals surface area (Å²) in [5, 5.41) is 10.5. The van der Waals surface area contributed by atoms with E-state index in [4.69, 9.17) is 5.73 Å². The Morgan fingerprint density at radius 2 is 2.00 bits per heavy atom. The fourth-order valence-electron chi connectivity index (χ4n) is 1.87. The van der Waals surface area contributed by atoms with E-state index < -0.39 is 0 Å². The third kappa shape index (κ3) is 1.73. The Hall–Kier alpha value is -1.72. The zero-order chi connectivity index (χ0) is 11.7. The molecule has 2 heterocycles. The van der Waals surface area contributed by atoms with Gasteiger partial charge in [-0.05, 0) is 6.54 Å². The van der Waals surface area contributed by atoms with Crippen LogP contribution < -0.4 is 5.73 Å². The molecule has 86 valence electrons. The van der Waals surface area contributed by atoms with Gasteiger partial charge in [-0.25, -0.2) is 0 Å². The van der Waals surface area contributed by atoms with E-state index in [0.717, 1.165) is 22.8 Å². The minimum atomic E-state index is 0.637. The van der Waals surface area contributed by atoms with Gasteiger partial charge in [-0.2, -0.15) is 0 Å². The van der Waals surface area contributed by atoms with Crippen molar-refractivity contribution in [2.45, 2.75) is 6.42 Å². The summed E-state index contributed by atoms with van der Waals surface area (Å²) in [6.45, 7) is 0.637. The molecule has 0 radical (unpaired) electrons. The van der Waals surface area contributed by atoms with Crippen LogP contribution in [0.3, 0.4) is 0 Å². The smallest absolute Gasteiger partial charge is 0.216 e. The predicted molar refractivity (Wildman–Crippen MR) is 69.1 cm³/mol. The van der Waals surface area contributed by atoms with Crippen LogP contribution in [-0.2, 0) is 6.42 Å². The van der Waals surface area contributed by atoms with E-state index >= 15 is 0 Å². The first-order valence-corrected chi connectivity index (χ1v) is 6.35. The lowest BCUT2D eigenvalue weighted by molar-refractivity contribution is 0.908. The molecule has 0 unspecified atom stereocenters. The lowest BCUT2D eigenvalue weighted by Gasteiger charge is -2.01. The van der Waals surface area contributed by atoms with Crippen molar-refractivity contribution in [1.82, 2.24) is 14.6 Å². The summed E-state index contributed by atoms with van der Waals surface area (Å²) in [5.74, 6) is 0.894. The number of fused-ring (bicyclic) bond motifs is 1. The van der Waals surface area contributed by atoms with Gasteiger partial charge in [0.1, 0.15) is 0 Å². The fourth-order valence-corrected chi connectivity index (χ4v) is 2.73. The molecule has 5 heteroatoms. The van der Waals surface area contributed by atoms with Crippen molar-refractivity contribution in [1.29, 1.82) is 0 Å². The van der Waals surface area contributed by atoms with Gasteiger partial charge in [-0.15, -0.1) is 21.5 Å². The maximum Gasteiger partial charge on any atom is 0.216 e. The summed E-state index contributed by atoms with van der Waals surface area (Å²) < 4.78 is 2.09. The molecule has 3 rings (SSSR count). The Morgan fingerprint density at radius 3 is 2.76 bits per heavy atom. The largest absolute Gasteiger partial charge is 0.330 e. The Kier molecular flexibility index (Phi) is 2.62. The Balaban J connectivity index is 2.19. The summed E-state index contributed by atoms with van der Waals surface area (Å²) >= 11 is 1.60. The standard InChI is InChI=1S/C12H12N4S/c13-7-6-10-8-17-12-15-14-11(16(10)12)9-4-2-1-3-5-9/h1-5,8H,6-7,13H2. The van der Waals surface area contributed by atoms with Gasteiger partial charge < -0.3 is 5.73 Å². The van der Waals surface area contributed by atoms with Crippen LogP contribution in [0, 0.1) is 0 Å². The first-order chi connectivity index (χ1) is 8.40. The highest BCUT2D eigenvalue weighted by molar-refractivity contribution is 7.15. The Morgan fingerprint density at radius 1 is 1.18 bits per heavy atom. The molecule has 0 aliphatic rings. The molecule has 3 aromatic rings. The second-order valence-electron chi connectivity index (χ2n) is 3.77. The van der Waals surface area contributed by atoms with Gasteiger partial charge in [0.2, 0.25) is 4.96 Å². The summed E-state index contributed by atoms with van der Waals surface area (Å²) in [6.07, 6.45) is 0.845. The molecule has 0 aliphatic carbocycles. The minimum Gasteiger partial charge on any atom is -0.330 e. The molecule has 2 N–H and O–H groups in total. The normalized spacial score (nSPS) is 11.1. The molecule has 0 spiro atoms. The van der Waals surface area contributed by atoms with Crippen LogP contribution in [0.4, 0.5) is 0 Å². The van der Waals surface area contributed by atoms with Crippen LogP contribution in [-0.4, -0.2) is 21.1 Å². The zero-order valence-electron chi connectivity index (χ0n) is 9.21. The van der Waals surface area contributed by atoms with Crippen LogP contribution in [0.5, 0.6) is 0 Å². The highest BCUT2D eigenvalue weighted by atomic mass is 32.1. The monoisotopic (exact) mass is 244 g/mol. The topological polar surface area (TPSA) is 56.2 Å². The summed E-state index contributed by atoms with van der Waals surface area (Å²) in [4.78, 5) is 0.923. The number of hydrogen-bond acceptors (Lipinski definition) is 4. The summed E-state index contributed by atoms with van der Waals surface area (Å²) in [7, 11) is 0. The number of hydrogen-bond donors (Lipinski definition) is 1. The van der Waals surface area contributed by atoms with Crippen LogP contribution in [0.15, 0.2) is 35.7 Å². The molecule has 2 aromatic heterocycles. The first kappa shape index (κ1) is 10.4. The molecule has 0 amide bonds. The second-order valence-corrected chi connectivity index (χ2v) is 4.61. The maximum atomic E-state index is 5.62. The van der Waals surface area contributed by atoms with E-state index in [1.165, 1.54) is 5.69 Å². The lowest BCUT2D eigenvalue weighted by atomic mass is 10.2. The predicted octanol–water partition coefficient (Wildman–Crippen LogP) is 1.96. The zero-order valence-corrected chi connectivity index (χ0v) is 10.0. The number of rotatable bonds is 3. The number of benzene rings is 1. The quantitative estimate of drug-likeness (QED) is 0.766. The highest BCUT2D eigenvalue weighted by Gasteiger charge is 2.12. The van der Waals surface area contributed by atoms with Crippen molar-refractivity contribution < 1.29 is 0 Å². The molecule has 0 atom stereocenters. The van der Waals surface area contributed by atoms with Crippen molar-refractivity contribution in [3.63, 3.8) is 0 Å². The van der Waals surface area contributed by atoms with Gasteiger partial charge in [0.25, 0.3) is 0 Å². The Bertz CT molecular complexity index is 626. The molecule has 0 aliphatic heterocycles. The molecule has 17 heavy (non-hydrogen) atoms. The fraction of sp³-hybridized carbons (Fsp3) is 0.167. The van der Waals surface area contributed by atoms with Crippen molar-refractivity contribution in [2.75, 3.05) is 6.54 Å². The van der Waals surface area contributed by atoms with E-state index in [1.54, 1.807) is 11.3 Å². The Labute approximate surface area is 103 Å². The van der Waals surface area contributed by atoms with Gasteiger partial charge in [0, 0.05) is 23.1 Å². The number of nitrogens with two attached hydrogens (primary N) is 1. The SMILES string of the molecule is NCCc1csc2nnc(-c3ccccc3)n12. The van der Waals surface area contributed by atoms with Crippen molar-refractivity contribution >= 4 is 16.3 Å². The van der Waals surface area contributed by atoms with Gasteiger partial charge in [0.05, 0.1) is 0 Å². The number of aromatic nitrogens is 3. The van der Waals surface area contributed by atoms with Gasteiger partial charge in [-0.1, -0.05) is 30.3 Å². The maximum absolute atomic E-state index is 5.62. The van der Waals surface area contributed by atoms with E-state index in [1.807, 2.05) is 30.3 Å². The highest BCUT2D eigenvalue weighted by Crippen LogP contribution is 2.23. The molecule has 0 saturated heterocycles. The third-order valence-electron chi connectivity index (χ3n) is 2.65. The van der Waals surface area contributed by atoms with Crippen molar-refractivity contribution in [3.05, 3.63) is 41.4 Å². The van der Waals surface area contributed by atoms with Gasteiger partial charge in [0.15, 0.2) is 5.82 Å². The molecular formula is C12H12N4S. The van der Waals surface area contributed by atoms with Crippen molar-refractivity contribution in [3.8, 4) is 11.4 Å². The second kappa shape index (κ2) is 4.27.